The summed E-state index contributed by atoms with van der Waals surface area (Å²) >= 11 is 0. The maximum atomic E-state index is 11.9. The summed E-state index contributed by atoms with van der Waals surface area (Å²) in [4.78, 5) is 11.9. The third-order valence-corrected chi connectivity index (χ3v) is 2.96. The van der Waals surface area contributed by atoms with Crippen LogP contribution in [0.2, 0.25) is 0 Å². The van der Waals surface area contributed by atoms with Gasteiger partial charge in [0.1, 0.15) is 0 Å². The van der Waals surface area contributed by atoms with E-state index in [1.807, 2.05) is 14.0 Å². The Hall–Kier alpha value is -1.36. The highest BCUT2D eigenvalue weighted by Crippen LogP contribution is 2.07. The lowest BCUT2D eigenvalue weighted by Gasteiger charge is -2.14. The second kappa shape index (κ2) is 6.39. The molecule has 0 aliphatic heterocycles. The smallest absolute Gasteiger partial charge is 0.254 e. The summed E-state index contributed by atoms with van der Waals surface area (Å²) in [5.74, 6) is 0.409. The molecule has 5 heteroatoms. The fourth-order valence-corrected chi connectivity index (χ4v) is 1.84. The number of aromatic nitrogens is 2. The summed E-state index contributed by atoms with van der Waals surface area (Å²) in [5.41, 5.74) is 6.93. The minimum absolute atomic E-state index is 0.0499. The molecule has 0 aromatic carbocycles. The van der Waals surface area contributed by atoms with E-state index in [2.05, 4.69) is 17.3 Å². The van der Waals surface area contributed by atoms with Crippen LogP contribution in [0.3, 0.4) is 0 Å². The van der Waals surface area contributed by atoms with Gasteiger partial charge in [-0.1, -0.05) is 13.3 Å². The number of nitrogens with two attached hydrogens (primary N) is 1. The van der Waals surface area contributed by atoms with Crippen molar-refractivity contribution in [1.82, 2.24) is 15.1 Å². The lowest BCUT2D eigenvalue weighted by molar-refractivity contribution is 0.0945. The van der Waals surface area contributed by atoms with Crippen LogP contribution in [-0.2, 0) is 7.05 Å². The largest absolute Gasteiger partial charge is 0.352 e. The van der Waals surface area contributed by atoms with Crippen molar-refractivity contribution in [2.45, 2.75) is 26.7 Å². The first-order valence-electron chi connectivity index (χ1n) is 6.07. The highest BCUT2D eigenvalue weighted by Gasteiger charge is 2.13. The monoisotopic (exact) mass is 238 g/mol. The summed E-state index contributed by atoms with van der Waals surface area (Å²) in [7, 11) is 1.81. The van der Waals surface area contributed by atoms with Gasteiger partial charge in [-0.2, -0.15) is 5.10 Å². The molecular weight excluding hydrogens is 216 g/mol. The first-order chi connectivity index (χ1) is 8.08. The van der Waals surface area contributed by atoms with E-state index in [1.165, 1.54) is 0 Å². The van der Waals surface area contributed by atoms with Crippen molar-refractivity contribution in [2.24, 2.45) is 18.7 Å². The van der Waals surface area contributed by atoms with Crippen LogP contribution in [0.25, 0.3) is 0 Å². The Morgan fingerprint density at radius 1 is 1.65 bits per heavy atom. The molecule has 1 amide bonds. The number of rotatable bonds is 6. The highest BCUT2D eigenvalue weighted by atomic mass is 16.1. The van der Waals surface area contributed by atoms with Crippen molar-refractivity contribution in [3.05, 3.63) is 17.5 Å². The van der Waals surface area contributed by atoms with E-state index in [-0.39, 0.29) is 5.91 Å². The lowest BCUT2D eigenvalue weighted by atomic mass is 10.0. The third-order valence-electron chi connectivity index (χ3n) is 2.96. The molecule has 0 aliphatic rings. The summed E-state index contributed by atoms with van der Waals surface area (Å²) in [6, 6.07) is 0. The van der Waals surface area contributed by atoms with Crippen LogP contribution in [0.15, 0.2) is 6.20 Å². The molecular formula is C12H22N4O. The van der Waals surface area contributed by atoms with E-state index in [0.29, 0.717) is 24.6 Å². The summed E-state index contributed by atoms with van der Waals surface area (Å²) < 4.78 is 1.65. The number of hydrogen-bond acceptors (Lipinski definition) is 3. The predicted octanol–water partition coefficient (Wildman–Crippen LogP) is 0.833. The zero-order valence-electron chi connectivity index (χ0n) is 10.9. The molecule has 0 bridgehead atoms. The Kier molecular flexibility index (Phi) is 5.15. The van der Waals surface area contributed by atoms with Gasteiger partial charge in [-0.05, 0) is 25.8 Å². The van der Waals surface area contributed by atoms with Crippen LogP contribution in [0.5, 0.6) is 0 Å². The number of amides is 1. The molecule has 0 radical (unpaired) electrons. The third kappa shape index (κ3) is 3.85. The summed E-state index contributed by atoms with van der Waals surface area (Å²) in [6.07, 6.45) is 3.72. The average molecular weight is 238 g/mol. The van der Waals surface area contributed by atoms with E-state index in [0.717, 1.165) is 18.5 Å². The van der Waals surface area contributed by atoms with Crippen molar-refractivity contribution in [2.75, 3.05) is 13.1 Å². The molecule has 1 unspecified atom stereocenters. The Balaban J connectivity index is 2.52. The molecule has 1 aromatic heterocycles. The number of nitrogens with one attached hydrogen (secondary N) is 1. The van der Waals surface area contributed by atoms with Gasteiger partial charge >= 0.3 is 0 Å². The molecule has 1 rings (SSSR count). The topological polar surface area (TPSA) is 72.9 Å². The minimum Gasteiger partial charge on any atom is -0.352 e. The maximum Gasteiger partial charge on any atom is 0.254 e. The van der Waals surface area contributed by atoms with Crippen LogP contribution in [0.4, 0.5) is 0 Å². The van der Waals surface area contributed by atoms with Gasteiger partial charge in [-0.15, -0.1) is 0 Å². The van der Waals surface area contributed by atoms with Crippen molar-refractivity contribution in [3.63, 3.8) is 0 Å². The molecule has 96 valence electrons. The van der Waals surface area contributed by atoms with Gasteiger partial charge in [-0.25, -0.2) is 0 Å². The molecule has 0 saturated carbocycles. The van der Waals surface area contributed by atoms with Gasteiger partial charge in [-0.3, -0.25) is 9.48 Å². The molecule has 0 spiro atoms. The van der Waals surface area contributed by atoms with E-state index >= 15 is 0 Å². The Bertz CT molecular complexity index is 373. The van der Waals surface area contributed by atoms with E-state index in [9.17, 15) is 4.79 Å². The minimum atomic E-state index is -0.0499. The lowest BCUT2D eigenvalue weighted by Crippen LogP contribution is -2.30. The van der Waals surface area contributed by atoms with Crippen molar-refractivity contribution >= 4 is 5.91 Å². The number of carbonyl (C=O) groups is 1. The molecule has 1 aromatic rings. The Morgan fingerprint density at radius 3 is 2.82 bits per heavy atom. The van der Waals surface area contributed by atoms with E-state index < -0.39 is 0 Å². The zero-order chi connectivity index (χ0) is 12.8. The maximum absolute atomic E-state index is 11.9. The van der Waals surface area contributed by atoms with Crippen LogP contribution in [-0.4, -0.2) is 28.8 Å². The molecule has 5 nitrogen and oxygen atoms in total. The summed E-state index contributed by atoms with van der Waals surface area (Å²) in [6.45, 7) is 5.30. The van der Waals surface area contributed by atoms with Gasteiger partial charge in [0, 0.05) is 19.8 Å². The molecule has 1 heterocycles. The zero-order valence-corrected chi connectivity index (χ0v) is 10.9. The SMILES string of the molecule is CCC(CCN)CNC(=O)c1cn(C)nc1C. The number of carbonyl (C=O) groups excluding carboxylic acids is 1. The van der Waals surface area contributed by atoms with Crippen LogP contribution >= 0.6 is 0 Å². The standard InChI is InChI=1S/C12H22N4O/c1-4-10(5-6-13)7-14-12(17)11-8-16(3)15-9(11)2/h8,10H,4-7,13H2,1-3H3,(H,14,17). The van der Waals surface area contributed by atoms with Crippen LogP contribution in [0, 0.1) is 12.8 Å². The second-order valence-corrected chi connectivity index (χ2v) is 4.36. The molecule has 0 saturated heterocycles. The van der Waals surface area contributed by atoms with Crippen LogP contribution in [0.1, 0.15) is 35.8 Å². The predicted molar refractivity (Wildman–Crippen MR) is 67.7 cm³/mol. The Labute approximate surface area is 102 Å². The number of hydrogen-bond donors (Lipinski definition) is 2. The van der Waals surface area contributed by atoms with Gasteiger partial charge in [0.15, 0.2) is 0 Å². The average Bonchev–Trinajstić information content (AvgIpc) is 2.63. The van der Waals surface area contributed by atoms with Gasteiger partial charge in [0.05, 0.1) is 11.3 Å². The quantitative estimate of drug-likeness (QED) is 0.771. The van der Waals surface area contributed by atoms with Crippen molar-refractivity contribution in [1.29, 1.82) is 0 Å². The number of nitrogens with zero attached hydrogens (tertiary/aromatic N) is 2. The van der Waals surface area contributed by atoms with E-state index in [4.69, 9.17) is 5.73 Å². The van der Waals surface area contributed by atoms with Crippen LogP contribution < -0.4 is 11.1 Å². The molecule has 0 fully saturated rings. The van der Waals surface area contributed by atoms with E-state index in [1.54, 1.807) is 10.9 Å². The summed E-state index contributed by atoms with van der Waals surface area (Å²) in [5, 5.41) is 7.09. The second-order valence-electron chi connectivity index (χ2n) is 4.36. The first kappa shape index (κ1) is 13.7. The van der Waals surface area contributed by atoms with Gasteiger partial charge < -0.3 is 11.1 Å². The molecule has 3 N–H and O–H groups in total. The normalized spacial score (nSPS) is 12.5. The Morgan fingerprint density at radius 2 is 2.35 bits per heavy atom. The number of aryl methyl sites for hydroxylation is 2. The molecule has 1 atom stereocenters. The fraction of sp³-hybridized carbons (Fsp3) is 0.667. The van der Waals surface area contributed by atoms with Crippen molar-refractivity contribution in [3.8, 4) is 0 Å². The van der Waals surface area contributed by atoms with Crippen molar-refractivity contribution < 1.29 is 4.79 Å². The molecule has 17 heavy (non-hydrogen) atoms. The molecule has 0 aliphatic carbocycles. The fourth-order valence-electron chi connectivity index (χ4n) is 1.84. The van der Waals surface area contributed by atoms with Gasteiger partial charge in [0.2, 0.25) is 0 Å². The highest BCUT2D eigenvalue weighted by molar-refractivity contribution is 5.94. The van der Waals surface area contributed by atoms with Gasteiger partial charge in [0.25, 0.3) is 5.91 Å². The first-order valence-corrected chi connectivity index (χ1v) is 6.07.